The van der Waals surface area contributed by atoms with Gasteiger partial charge in [-0.25, -0.2) is 4.79 Å². The van der Waals surface area contributed by atoms with E-state index >= 15 is 0 Å². The minimum atomic E-state index is -0.397. The smallest absolute Gasteiger partial charge is 0.321 e. The van der Waals surface area contributed by atoms with Crippen LogP contribution in [-0.2, 0) is 4.79 Å². The van der Waals surface area contributed by atoms with Crippen LogP contribution in [0.3, 0.4) is 0 Å². The first-order valence-corrected chi connectivity index (χ1v) is 10.2. The van der Waals surface area contributed by atoms with Crippen molar-refractivity contribution in [2.75, 3.05) is 6.26 Å². The number of hydrogen-bond acceptors (Lipinski definition) is 7. The summed E-state index contributed by atoms with van der Waals surface area (Å²) in [5.74, 6) is -0.306. The number of carbonyl (C=O) groups excluding carboxylic acids is 2. The Morgan fingerprint density at radius 3 is 2.55 bits per heavy atom. The summed E-state index contributed by atoms with van der Waals surface area (Å²) in [5, 5.41) is 12.9. The molecule has 6 nitrogen and oxygen atoms in total. The number of aromatic nitrogens is 2. The van der Waals surface area contributed by atoms with Gasteiger partial charge >= 0.3 is 6.03 Å². The number of nitrogens with one attached hydrogen (secondary N) is 2. The predicted molar refractivity (Wildman–Crippen MR) is 90.6 cm³/mol. The fraction of sp³-hybridized carbons (Fsp3) is 0.692. The number of imide groups is 1. The SMILES string of the molecule is CSc1nnc(S[C@@H](C)C(=O)NC(=O)NC2CCCCC2)s1. The minimum Gasteiger partial charge on any atom is -0.335 e. The van der Waals surface area contributed by atoms with Gasteiger partial charge in [0.1, 0.15) is 0 Å². The summed E-state index contributed by atoms with van der Waals surface area (Å²) in [6, 6.07) is -0.205. The molecule has 9 heteroatoms. The van der Waals surface area contributed by atoms with Gasteiger partial charge < -0.3 is 5.32 Å². The summed E-state index contributed by atoms with van der Waals surface area (Å²) in [6.07, 6.45) is 7.43. The summed E-state index contributed by atoms with van der Waals surface area (Å²) >= 11 is 4.29. The average molecular weight is 361 g/mol. The van der Waals surface area contributed by atoms with E-state index in [0.29, 0.717) is 0 Å². The first kappa shape index (κ1) is 17.6. The topological polar surface area (TPSA) is 84.0 Å². The second-order valence-corrected chi connectivity index (χ2v) is 8.71. The molecule has 1 saturated carbocycles. The van der Waals surface area contributed by atoms with E-state index in [1.54, 1.807) is 6.92 Å². The number of thioether (sulfide) groups is 2. The second-order valence-electron chi connectivity index (χ2n) is 5.10. The lowest BCUT2D eigenvalue weighted by Crippen LogP contribution is -2.47. The summed E-state index contributed by atoms with van der Waals surface area (Å²) in [6.45, 7) is 1.76. The van der Waals surface area contributed by atoms with Crippen molar-refractivity contribution < 1.29 is 9.59 Å². The first-order chi connectivity index (χ1) is 10.6. The predicted octanol–water partition coefficient (Wildman–Crippen LogP) is 2.90. The standard InChI is InChI=1S/C13H20N4O2S3/c1-8(21-13-17-16-12(20-2)22-13)10(18)15-11(19)14-9-6-4-3-5-7-9/h8-9H,3-7H2,1-2H3,(H2,14,15,18,19)/t8-/m0/s1. The monoisotopic (exact) mass is 360 g/mol. The van der Waals surface area contributed by atoms with Crippen molar-refractivity contribution in [1.82, 2.24) is 20.8 Å². The van der Waals surface area contributed by atoms with Gasteiger partial charge in [0, 0.05) is 6.04 Å². The van der Waals surface area contributed by atoms with Crippen LogP contribution in [0.4, 0.5) is 4.79 Å². The largest absolute Gasteiger partial charge is 0.335 e. The van der Waals surface area contributed by atoms with Crippen LogP contribution in [0.25, 0.3) is 0 Å². The van der Waals surface area contributed by atoms with E-state index in [1.165, 1.54) is 41.3 Å². The highest BCUT2D eigenvalue weighted by Gasteiger charge is 2.21. The fourth-order valence-electron chi connectivity index (χ4n) is 2.21. The van der Waals surface area contributed by atoms with Gasteiger partial charge in [-0.15, -0.1) is 10.2 Å². The zero-order chi connectivity index (χ0) is 15.9. The van der Waals surface area contributed by atoms with Crippen LogP contribution in [0.5, 0.6) is 0 Å². The zero-order valence-corrected chi connectivity index (χ0v) is 15.1. The number of amides is 3. The van der Waals surface area contributed by atoms with Gasteiger partial charge in [-0.2, -0.15) is 0 Å². The van der Waals surface area contributed by atoms with Gasteiger partial charge in [0.15, 0.2) is 8.68 Å². The van der Waals surface area contributed by atoms with Crippen molar-refractivity contribution >= 4 is 46.8 Å². The van der Waals surface area contributed by atoms with Crippen molar-refractivity contribution in [2.45, 2.75) is 59.0 Å². The van der Waals surface area contributed by atoms with E-state index in [4.69, 9.17) is 0 Å². The number of carbonyl (C=O) groups is 2. The maximum Gasteiger partial charge on any atom is 0.321 e. The molecule has 1 fully saturated rings. The average Bonchev–Trinajstić information content (AvgIpc) is 2.95. The van der Waals surface area contributed by atoms with Crippen molar-refractivity contribution in [1.29, 1.82) is 0 Å². The van der Waals surface area contributed by atoms with Crippen LogP contribution in [-0.4, -0.2) is 39.7 Å². The molecule has 0 bridgehead atoms. The molecule has 0 unspecified atom stereocenters. The molecule has 0 aromatic carbocycles. The molecule has 1 aromatic heterocycles. The first-order valence-electron chi connectivity index (χ1n) is 7.24. The Labute approximate surface area is 142 Å². The normalized spacial score (nSPS) is 17.0. The second kappa shape index (κ2) is 8.73. The van der Waals surface area contributed by atoms with Crippen molar-refractivity contribution in [3.63, 3.8) is 0 Å². The molecule has 1 aliphatic rings. The summed E-state index contributed by atoms with van der Waals surface area (Å²) in [4.78, 5) is 23.9. The van der Waals surface area contributed by atoms with Crippen LogP contribution in [0.2, 0.25) is 0 Å². The van der Waals surface area contributed by atoms with Gasteiger partial charge in [0.25, 0.3) is 0 Å². The highest BCUT2D eigenvalue weighted by Crippen LogP contribution is 2.30. The molecule has 1 heterocycles. The number of hydrogen-bond donors (Lipinski definition) is 2. The molecule has 1 aromatic rings. The van der Waals surface area contributed by atoms with Gasteiger partial charge in [0.05, 0.1) is 5.25 Å². The Hall–Kier alpha value is -0.800. The number of nitrogens with zero attached hydrogens (tertiary/aromatic N) is 2. The van der Waals surface area contributed by atoms with Crippen LogP contribution in [0.15, 0.2) is 8.68 Å². The molecular formula is C13H20N4O2S3. The van der Waals surface area contributed by atoms with Crippen molar-refractivity contribution in [3.8, 4) is 0 Å². The van der Waals surface area contributed by atoms with Crippen LogP contribution in [0, 0.1) is 0 Å². The zero-order valence-electron chi connectivity index (χ0n) is 12.6. The summed E-state index contributed by atoms with van der Waals surface area (Å²) < 4.78 is 1.60. The Morgan fingerprint density at radius 1 is 1.23 bits per heavy atom. The number of rotatable bonds is 5. The summed E-state index contributed by atoms with van der Waals surface area (Å²) in [7, 11) is 0. The van der Waals surface area contributed by atoms with Gasteiger partial charge in [-0.05, 0) is 26.0 Å². The van der Waals surface area contributed by atoms with E-state index in [2.05, 4.69) is 20.8 Å². The molecule has 0 aliphatic heterocycles. The molecule has 3 amide bonds. The van der Waals surface area contributed by atoms with E-state index in [9.17, 15) is 9.59 Å². The Morgan fingerprint density at radius 2 is 1.91 bits per heavy atom. The molecule has 1 aliphatic carbocycles. The van der Waals surface area contributed by atoms with Crippen molar-refractivity contribution in [2.24, 2.45) is 0 Å². The third-order valence-corrected chi connectivity index (χ3v) is 6.47. The molecule has 2 rings (SSSR count). The third kappa shape index (κ3) is 5.44. The van der Waals surface area contributed by atoms with E-state index < -0.39 is 6.03 Å². The van der Waals surface area contributed by atoms with Gasteiger partial charge in [-0.3, -0.25) is 10.1 Å². The maximum atomic E-state index is 12.0. The Kier molecular flexibility index (Phi) is 6.97. The van der Waals surface area contributed by atoms with Crippen LogP contribution < -0.4 is 10.6 Å². The van der Waals surface area contributed by atoms with Gasteiger partial charge in [0.2, 0.25) is 5.91 Å². The Balaban J connectivity index is 1.76. The van der Waals surface area contributed by atoms with E-state index in [0.717, 1.165) is 34.4 Å². The molecular weight excluding hydrogens is 340 g/mol. The van der Waals surface area contributed by atoms with Gasteiger partial charge in [-0.1, -0.05) is 54.1 Å². The fourth-order valence-corrected chi connectivity index (χ4v) is 4.80. The molecule has 22 heavy (non-hydrogen) atoms. The quantitative estimate of drug-likeness (QED) is 0.786. The van der Waals surface area contributed by atoms with Crippen LogP contribution >= 0.6 is 34.9 Å². The maximum absolute atomic E-state index is 12.0. The lowest BCUT2D eigenvalue weighted by atomic mass is 9.96. The Bertz CT molecular complexity index is 517. The molecule has 0 spiro atoms. The van der Waals surface area contributed by atoms with Crippen molar-refractivity contribution in [3.05, 3.63) is 0 Å². The third-order valence-electron chi connectivity index (χ3n) is 3.39. The summed E-state index contributed by atoms with van der Waals surface area (Å²) in [5.41, 5.74) is 0. The lowest BCUT2D eigenvalue weighted by molar-refractivity contribution is -0.119. The highest BCUT2D eigenvalue weighted by molar-refractivity contribution is 8.03. The molecule has 122 valence electrons. The minimum absolute atomic E-state index is 0.191. The van der Waals surface area contributed by atoms with E-state index in [1.807, 2.05) is 6.26 Å². The molecule has 1 atom stereocenters. The molecule has 0 radical (unpaired) electrons. The molecule has 0 saturated heterocycles. The lowest BCUT2D eigenvalue weighted by Gasteiger charge is -2.22. The highest BCUT2D eigenvalue weighted by atomic mass is 32.2. The molecule has 2 N–H and O–H groups in total. The van der Waals surface area contributed by atoms with E-state index in [-0.39, 0.29) is 17.2 Å². The number of urea groups is 1. The van der Waals surface area contributed by atoms with Crippen LogP contribution in [0.1, 0.15) is 39.0 Å².